The minimum atomic E-state index is -0.410. The van der Waals surface area contributed by atoms with Gasteiger partial charge in [0.25, 0.3) is 0 Å². The van der Waals surface area contributed by atoms with Crippen LogP contribution >= 0.6 is 11.8 Å². The van der Waals surface area contributed by atoms with Crippen molar-refractivity contribution in [2.45, 2.75) is 15.7 Å². The lowest BCUT2D eigenvalue weighted by molar-refractivity contribution is -0.141. The predicted octanol–water partition coefficient (Wildman–Crippen LogP) is 5.14. The van der Waals surface area contributed by atoms with Gasteiger partial charge in [-0.05, 0) is 35.4 Å². The monoisotopic (exact) mass is 334 g/mol. The van der Waals surface area contributed by atoms with Crippen molar-refractivity contribution in [3.8, 4) is 0 Å². The Morgan fingerprint density at radius 1 is 0.792 bits per heavy atom. The second-order valence-corrected chi connectivity index (χ2v) is 6.50. The molecule has 0 fully saturated rings. The average molecular weight is 334 g/mol. The van der Waals surface area contributed by atoms with Crippen LogP contribution in [-0.2, 0) is 9.53 Å². The van der Waals surface area contributed by atoms with Crippen LogP contribution in [0.5, 0.6) is 0 Å². The van der Waals surface area contributed by atoms with E-state index in [1.54, 1.807) is 11.8 Å². The van der Waals surface area contributed by atoms with E-state index in [-0.39, 0.29) is 5.97 Å². The molecular weight excluding hydrogens is 316 g/mol. The molecule has 0 amide bonds. The Morgan fingerprint density at radius 3 is 2.04 bits per heavy atom. The highest BCUT2D eigenvalue weighted by atomic mass is 32.2. The Labute approximate surface area is 146 Å². The van der Waals surface area contributed by atoms with Gasteiger partial charge in [0.2, 0.25) is 0 Å². The standard InChI is InChI=1S/C21H18O2S/c1-23-21(22)20(16-9-4-2-5-10-16)17-11-8-14-19(15-17)24-18-12-6-3-7-13-18/h2-15,20H,1H3. The number of esters is 1. The first-order valence-corrected chi connectivity index (χ1v) is 8.55. The van der Waals surface area contributed by atoms with Crippen LogP contribution in [0.1, 0.15) is 17.0 Å². The summed E-state index contributed by atoms with van der Waals surface area (Å²) in [6, 6.07) is 28.0. The van der Waals surface area contributed by atoms with Crippen LogP contribution in [0.25, 0.3) is 0 Å². The van der Waals surface area contributed by atoms with E-state index in [0.29, 0.717) is 0 Å². The minimum absolute atomic E-state index is 0.247. The third-order valence-electron chi connectivity index (χ3n) is 3.74. The van der Waals surface area contributed by atoms with E-state index in [9.17, 15) is 4.79 Å². The molecule has 0 saturated heterocycles. The summed E-state index contributed by atoms with van der Waals surface area (Å²) in [7, 11) is 1.43. The van der Waals surface area contributed by atoms with Gasteiger partial charge in [-0.2, -0.15) is 0 Å². The summed E-state index contributed by atoms with van der Waals surface area (Å²) in [5.41, 5.74) is 1.88. The number of benzene rings is 3. The van der Waals surface area contributed by atoms with E-state index in [4.69, 9.17) is 4.74 Å². The van der Waals surface area contributed by atoms with Gasteiger partial charge in [-0.25, -0.2) is 0 Å². The zero-order valence-electron chi connectivity index (χ0n) is 13.4. The van der Waals surface area contributed by atoms with E-state index >= 15 is 0 Å². The van der Waals surface area contributed by atoms with E-state index in [0.717, 1.165) is 16.0 Å². The molecular formula is C21H18O2S. The first-order chi connectivity index (χ1) is 11.8. The van der Waals surface area contributed by atoms with Gasteiger partial charge in [-0.15, -0.1) is 0 Å². The molecule has 3 aromatic rings. The summed E-state index contributed by atoms with van der Waals surface area (Å²) in [5.74, 6) is -0.657. The summed E-state index contributed by atoms with van der Waals surface area (Å²) < 4.78 is 5.03. The van der Waals surface area contributed by atoms with Crippen LogP contribution in [-0.4, -0.2) is 13.1 Å². The largest absolute Gasteiger partial charge is 0.468 e. The van der Waals surface area contributed by atoms with Crippen molar-refractivity contribution in [2.24, 2.45) is 0 Å². The van der Waals surface area contributed by atoms with E-state index in [1.807, 2.05) is 60.7 Å². The van der Waals surface area contributed by atoms with Gasteiger partial charge in [0, 0.05) is 9.79 Å². The molecule has 120 valence electrons. The van der Waals surface area contributed by atoms with Gasteiger partial charge in [0.1, 0.15) is 5.92 Å². The van der Waals surface area contributed by atoms with Gasteiger partial charge < -0.3 is 4.74 Å². The number of carbonyl (C=O) groups is 1. The van der Waals surface area contributed by atoms with Gasteiger partial charge in [-0.3, -0.25) is 4.79 Å². The van der Waals surface area contributed by atoms with Crippen LogP contribution in [0.2, 0.25) is 0 Å². The molecule has 0 aliphatic heterocycles. The van der Waals surface area contributed by atoms with Gasteiger partial charge in [0.15, 0.2) is 0 Å². The van der Waals surface area contributed by atoms with Crippen molar-refractivity contribution in [1.82, 2.24) is 0 Å². The third-order valence-corrected chi connectivity index (χ3v) is 4.74. The Balaban J connectivity index is 1.94. The zero-order valence-corrected chi connectivity index (χ0v) is 14.2. The first-order valence-electron chi connectivity index (χ1n) is 7.73. The van der Waals surface area contributed by atoms with Crippen LogP contribution in [0.3, 0.4) is 0 Å². The molecule has 3 heteroatoms. The lowest BCUT2D eigenvalue weighted by atomic mass is 9.91. The molecule has 24 heavy (non-hydrogen) atoms. The summed E-state index contributed by atoms with van der Waals surface area (Å²) in [5, 5.41) is 0. The van der Waals surface area contributed by atoms with Crippen LogP contribution in [0.15, 0.2) is 94.7 Å². The molecule has 0 N–H and O–H groups in total. The summed E-state index contributed by atoms with van der Waals surface area (Å²) in [6.07, 6.45) is 0. The fourth-order valence-electron chi connectivity index (χ4n) is 2.61. The number of hydrogen-bond donors (Lipinski definition) is 0. The minimum Gasteiger partial charge on any atom is -0.468 e. The molecule has 1 atom stereocenters. The fraction of sp³-hybridized carbons (Fsp3) is 0.0952. The fourth-order valence-corrected chi connectivity index (χ4v) is 3.52. The summed E-state index contributed by atoms with van der Waals surface area (Å²) >= 11 is 1.68. The van der Waals surface area contributed by atoms with Gasteiger partial charge in [0.05, 0.1) is 7.11 Å². The Morgan fingerprint density at radius 2 is 1.38 bits per heavy atom. The van der Waals surface area contributed by atoms with E-state index in [1.165, 1.54) is 12.0 Å². The normalized spacial score (nSPS) is 11.7. The predicted molar refractivity (Wildman–Crippen MR) is 97.3 cm³/mol. The highest BCUT2D eigenvalue weighted by Gasteiger charge is 2.23. The molecule has 0 spiro atoms. The van der Waals surface area contributed by atoms with E-state index in [2.05, 4.69) is 24.3 Å². The molecule has 0 aliphatic carbocycles. The average Bonchev–Trinajstić information content (AvgIpc) is 2.64. The Bertz CT molecular complexity index is 800. The molecule has 0 aliphatic rings. The number of ether oxygens (including phenoxy) is 1. The summed E-state index contributed by atoms with van der Waals surface area (Å²) in [4.78, 5) is 14.6. The van der Waals surface area contributed by atoms with Gasteiger partial charge in [-0.1, -0.05) is 72.4 Å². The molecule has 0 bridgehead atoms. The van der Waals surface area contributed by atoms with Crippen molar-refractivity contribution in [3.63, 3.8) is 0 Å². The Hall–Kier alpha value is -2.52. The van der Waals surface area contributed by atoms with Crippen molar-refractivity contribution >= 4 is 17.7 Å². The van der Waals surface area contributed by atoms with Crippen molar-refractivity contribution in [3.05, 3.63) is 96.1 Å². The molecule has 0 saturated carbocycles. The van der Waals surface area contributed by atoms with Crippen molar-refractivity contribution in [2.75, 3.05) is 7.11 Å². The molecule has 0 heterocycles. The zero-order chi connectivity index (χ0) is 16.8. The van der Waals surface area contributed by atoms with Crippen LogP contribution in [0.4, 0.5) is 0 Å². The topological polar surface area (TPSA) is 26.3 Å². The lowest BCUT2D eigenvalue weighted by Gasteiger charge is -2.16. The highest BCUT2D eigenvalue weighted by molar-refractivity contribution is 7.99. The second-order valence-electron chi connectivity index (χ2n) is 5.35. The summed E-state index contributed by atoms with van der Waals surface area (Å²) in [6.45, 7) is 0. The molecule has 3 aromatic carbocycles. The first kappa shape index (κ1) is 16.3. The molecule has 2 nitrogen and oxygen atoms in total. The van der Waals surface area contributed by atoms with Crippen LogP contribution < -0.4 is 0 Å². The van der Waals surface area contributed by atoms with Crippen molar-refractivity contribution < 1.29 is 9.53 Å². The molecule has 0 radical (unpaired) electrons. The second kappa shape index (κ2) is 7.84. The smallest absolute Gasteiger partial charge is 0.317 e. The molecule has 3 rings (SSSR count). The maximum Gasteiger partial charge on any atom is 0.317 e. The Kier molecular flexibility index (Phi) is 5.34. The lowest BCUT2D eigenvalue weighted by Crippen LogP contribution is -2.15. The van der Waals surface area contributed by atoms with Crippen molar-refractivity contribution in [1.29, 1.82) is 0 Å². The maximum atomic E-state index is 12.4. The number of methoxy groups -OCH3 is 1. The van der Waals surface area contributed by atoms with Crippen LogP contribution in [0, 0.1) is 0 Å². The maximum absolute atomic E-state index is 12.4. The number of carbonyl (C=O) groups excluding carboxylic acids is 1. The molecule has 0 aromatic heterocycles. The highest BCUT2D eigenvalue weighted by Crippen LogP contribution is 2.32. The quantitative estimate of drug-likeness (QED) is 0.604. The van der Waals surface area contributed by atoms with Gasteiger partial charge >= 0.3 is 5.97 Å². The van der Waals surface area contributed by atoms with E-state index < -0.39 is 5.92 Å². The number of hydrogen-bond acceptors (Lipinski definition) is 3. The third kappa shape index (κ3) is 3.87. The molecule has 1 unspecified atom stereocenters. The SMILES string of the molecule is COC(=O)C(c1ccccc1)c1cccc(Sc2ccccc2)c1. The number of rotatable bonds is 5.